The summed E-state index contributed by atoms with van der Waals surface area (Å²) in [6.45, 7) is 1.96. The topological polar surface area (TPSA) is 52.1 Å². The summed E-state index contributed by atoms with van der Waals surface area (Å²) in [5.74, 6) is -0.591. The number of ether oxygens (including phenoxy) is 1. The number of fused-ring (bicyclic) bond motifs is 1. The molecule has 0 radical (unpaired) electrons. The Bertz CT molecular complexity index is 587. The van der Waals surface area contributed by atoms with Gasteiger partial charge in [0.25, 0.3) is 0 Å². The molecule has 88 valence electrons. The number of aromatic nitrogens is 2. The van der Waals surface area contributed by atoms with Crippen molar-refractivity contribution in [3.8, 4) is 0 Å². The molecule has 4 nitrogen and oxygen atoms in total. The molecule has 2 rings (SSSR count). The number of rotatable bonds is 2. The van der Waals surface area contributed by atoms with Crippen LogP contribution < -0.4 is 0 Å². The van der Waals surface area contributed by atoms with E-state index in [9.17, 15) is 4.79 Å². The van der Waals surface area contributed by atoms with Gasteiger partial charge in [0.1, 0.15) is 5.52 Å². The largest absolute Gasteiger partial charge is 0.461 e. The third-order valence-corrected chi connectivity index (χ3v) is 2.84. The maximum absolute atomic E-state index is 11.6. The molecule has 6 heteroatoms. The Morgan fingerprint density at radius 2 is 2.12 bits per heavy atom. The molecule has 1 heterocycles. The number of halogens is 2. The van der Waals surface area contributed by atoms with Crippen molar-refractivity contribution < 1.29 is 9.53 Å². The van der Waals surface area contributed by atoms with E-state index < -0.39 is 5.97 Å². The van der Waals surface area contributed by atoms with Crippen LogP contribution in [-0.4, -0.2) is 22.8 Å². The highest BCUT2D eigenvalue weighted by atomic mass is 35.5. The molecule has 0 aliphatic heterocycles. The van der Waals surface area contributed by atoms with Gasteiger partial charge < -0.3 is 4.74 Å². The number of nitrogens with zero attached hydrogens (tertiary/aromatic N) is 2. The van der Waals surface area contributed by atoms with Gasteiger partial charge >= 0.3 is 5.97 Å². The van der Waals surface area contributed by atoms with Gasteiger partial charge in [-0.1, -0.05) is 35.3 Å². The standard InChI is InChI=1S/C11H8Cl2N2O2/c1-2-17-11(16)10-8(13)6-4-3-5-7(12)9(6)14-15-10/h3-5H,2H2,1H3. The van der Waals surface area contributed by atoms with Crippen molar-refractivity contribution >= 4 is 40.1 Å². The molecule has 0 saturated carbocycles. The van der Waals surface area contributed by atoms with E-state index in [1.54, 1.807) is 25.1 Å². The lowest BCUT2D eigenvalue weighted by molar-refractivity contribution is 0.0518. The van der Waals surface area contributed by atoms with Crippen LogP contribution >= 0.6 is 23.2 Å². The lowest BCUT2D eigenvalue weighted by atomic mass is 10.2. The molecule has 17 heavy (non-hydrogen) atoms. The van der Waals surface area contributed by atoms with Crippen molar-refractivity contribution in [2.24, 2.45) is 0 Å². The van der Waals surface area contributed by atoms with Gasteiger partial charge in [0.2, 0.25) is 0 Å². The van der Waals surface area contributed by atoms with Crippen LogP contribution in [0.15, 0.2) is 18.2 Å². The molecule has 0 aliphatic rings. The summed E-state index contributed by atoms with van der Waals surface area (Å²) >= 11 is 12.0. The van der Waals surface area contributed by atoms with E-state index in [0.29, 0.717) is 15.9 Å². The van der Waals surface area contributed by atoms with Crippen molar-refractivity contribution in [1.29, 1.82) is 0 Å². The molecule has 0 bridgehead atoms. The first-order valence-electron chi connectivity index (χ1n) is 4.92. The third kappa shape index (κ3) is 2.18. The Labute approximate surface area is 107 Å². The lowest BCUT2D eigenvalue weighted by Crippen LogP contribution is -2.09. The number of hydrogen-bond donors (Lipinski definition) is 0. The Hall–Kier alpha value is -1.39. The summed E-state index contributed by atoms with van der Waals surface area (Å²) in [4.78, 5) is 11.6. The smallest absolute Gasteiger partial charge is 0.360 e. The minimum atomic E-state index is -0.591. The molecule has 0 N–H and O–H groups in total. The zero-order valence-electron chi connectivity index (χ0n) is 8.91. The highest BCUT2D eigenvalue weighted by molar-refractivity contribution is 6.40. The van der Waals surface area contributed by atoms with E-state index in [1.807, 2.05) is 0 Å². The number of carbonyl (C=O) groups is 1. The van der Waals surface area contributed by atoms with E-state index in [2.05, 4.69) is 10.2 Å². The van der Waals surface area contributed by atoms with Gasteiger partial charge in [-0.05, 0) is 13.0 Å². The van der Waals surface area contributed by atoms with Crippen LogP contribution in [0, 0.1) is 0 Å². The summed E-state index contributed by atoms with van der Waals surface area (Å²) in [6.07, 6.45) is 0. The zero-order chi connectivity index (χ0) is 12.4. The lowest BCUT2D eigenvalue weighted by Gasteiger charge is -2.05. The first kappa shape index (κ1) is 12.1. The van der Waals surface area contributed by atoms with Gasteiger partial charge in [0, 0.05) is 5.39 Å². The third-order valence-electron chi connectivity index (χ3n) is 2.15. The Kier molecular flexibility index (Phi) is 3.45. The second-order valence-electron chi connectivity index (χ2n) is 3.22. The van der Waals surface area contributed by atoms with Crippen LogP contribution in [0.1, 0.15) is 17.4 Å². The van der Waals surface area contributed by atoms with Crippen LogP contribution in [0.25, 0.3) is 10.9 Å². The SMILES string of the molecule is CCOC(=O)c1nnc2c(Cl)cccc2c1Cl. The van der Waals surface area contributed by atoms with Crippen LogP contribution in [0.2, 0.25) is 10.0 Å². The van der Waals surface area contributed by atoms with Gasteiger partial charge in [0.15, 0.2) is 5.69 Å². The minimum absolute atomic E-state index is 0.00304. The average Bonchev–Trinajstić information content (AvgIpc) is 2.31. The zero-order valence-corrected chi connectivity index (χ0v) is 10.4. The Balaban J connectivity index is 2.62. The molecule has 0 saturated heterocycles. The van der Waals surface area contributed by atoms with Crippen molar-refractivity contribution in [2.75, 3.05) is 6.61 Å². The molecule has 2 aromatic rings. The van der Waals surface area contributed by atoms with Gasteiger partial charge in [0.05, 0.1) is 16.7 Å². The summed E-state index contributed by atoms with van der Waals surface area (Å²) < 4.78 is 4.83. The van der Waals surface area contributed by atoms with Crippen molar-refractivity contribution in [3.05, 3.63) is 33.9 Å². The molecule has 0 fully saturated rings. The molecule has 0 unspecified atom stereocenters. The average molecular weight is 271 g/mol. The minimum Gasteiger partial charge on any atom is -0.461 e. The summed E-state index contributed by atoms with van der Waals surface area (Å²) in [6, 6.07) is 5.13. The second kappa shape index (κ2) is 4.85. The molecule has 0 atom stereocenters. The number of hydrogen-bond acceptors (Lipinski definition) is 4. The maximum atomic E-state index is 11.6. The predicted molar refractivity (Wildman–Crippen MR) is 65.5 cm³/mol. The second-order valence-corrected chi connectivity index (χ2v) is 4.00. The number of esters is 1. The van der Waals surface area contributed by atoms with Crippen LogP contribution in [0.3, 0.4) is 0 Å². The summed E-state index contributed by atoms with van der Waals surface area (Å²) in [7, 11) is 0. The van der Waals surface area contributed by atoms with Crippen molar-refractivity contribution in [1.82, 2.24) is 10.2 Å². The van der Waals surface area contributed by atoms with Crippen LogP contribution in [0.4, 0.5) is 0 Å². The van der Waals surface area contributed by atoms with Crippen LogP contribution in [-0.2, 0) is 4.74 Å². The normalized spacial score (nSPS) is 10.5. The van der Waals surface area contributed by atoms with Gasteiger partial charge in [-0.25, -0.2) is 4.79 Å². The quantitative estimate of drug-likeness (QED) is 0.787. The molecule has 1 aromatic heterocycles. The highest BCUT2D eigenvalue weighted by Crippen LogP contribution is 2.28. The fourth-order valence-corrected chi connectivity index (χ4v) is 1.88. The maximum Gasteiger partial charge on any atom is 0.360 e. The molecular formula is C11H8Cl2N2O2. The Morgan fingerprint density at radius 3 is 2.82 bits per heavy atom. The Morgan fingerprint density at radius 1 is 1.35 bits per heavy atom. The summed E-state index contributed by atoms with van der Waals surface area (Å²) in [5, 5.41) is 8.85. The van der Waals surface area contributed by atoms with E-state index >= 15 is 0 Å². The first-order valence-corrected chi connectivity index (χ1v) is 5.68. The summed E-state index contributed by atoms with van der Waals surface area (Å²) in [5.41, 5.74) is 0.468. The first-order chi connectivity index (χ1) is 8.15. The van der Waals surface area contributed by atoms with Crippen molar-refractivity contribution in [2.45, 2.75) is 6.92 Å². The van der Waals surface area contributed by atoms with Gasteiger partial charge in [-0.15, -0.1) is 10.2 Å². The molecule has 0 amide bonds. The van der Waals surface area contributed by atoms with Crippen LogP contribution in [0.5, 0.6) is 0 Å². The van der Waals surface area contributed by atoms with E-state index in [-0.39, 0.29) is 17.3 Å². The van der Waals surface area contributed by atoms with Crippen molar-refractivity contribution in [3.63, 3.8) is 0 Å². The molecule has 0 aliphatic carbocycles. The monoisotopic (exact) mass is 270 g/mol. The fourth-order valence-electron chi connectivity index (χ4n) is 1.40. The van der Waals surface area contributed by atoms with Gasteiger partial charge in [-0.3, -0.25) is 0 Å². The predicted octanol–water partition coefficient (Wildman–Crippen LogP) is 3.11. The molecular weight excluding hydrogens is 263 g/mol. The highest BCUT2D eigenvalue weighted by Gasteiger charge is 2.17. The molecule has 1 aromatic carbocycles. The van der Waals surface area contributed by atoms with E-state index in [4.69, 9.17) is 27.9 Å². The number of benzene rings is 1. The van der Waals surface area contributed by atoms with E-state index in [0.717, 1.165) is 0 Å². The molecule has 0 spiro atoms. The van der Waals surface area contributed by atoms with Gasteiger partial charge in [-0.2, -0.15) is 0 Å². The fraction of sp³-hybridized carbons (Fsp3) is 0.182. The number of carbonyl (C=O) groups excluding carboxylic acids is 1. The van der Waals surface area contributed by atoms with E-state index in [1.165, 1.54) is 0 Å².